The van der Waals surface area contributed by atoms with Gasteiger partial charge in [0.05, 0.1) is 9.95 Å². The highest BCUT2D eigenvalue weighted by molar-refractivity contribution is 8.76. The SMILES string of the molecule is O=C(NCCSSc1ccc([N+](=O)[O-])cc1)/C(Cc1ccc(O)c(Cl)c1)=N/O. The summed E-state index contributed by atoms with van der Waals surface area (Å²) in [6, 6.07) is 10.7. The van der Waals surface area contributed by atoms with Crippen molar-refractivity contribution in [2.45, 2.75) is 11.3 Å². The van der Waals surface area contributed by atoms with Gasteiger partial charge in [0.25, 0.3) is 11.6 Å². The summed E-state index contributed by atoms with van der Waals surface area (Å²) >= 11 is 5.82. The number of phenolic OH excluding ortho intramolecular Hbond substituents is 1. The van der Waals surface area contributed by atoms with Crippen molar-refractivity contribution in [1.29, 1.82) is 0 Å². The van der Waals surface area contributed by atoms with Gasteiger partial charge in [0, 0.05) is 35.7 Å². The van der Waals surface area contributed by atoms with Gasteiger partial charge in [0.1, 0.15) is 11.5 Å². The number of oxime groups is 1. The van der Waals surface area contributed by atoms with Gasteiger partial charge in [-0.3, -0.25) is 14.9 Å². The van der Waals surface area contributed by atoms with E-state index in [0.717, 1.165) is 4.90 Å². The van der Waals surface area contributed by atoms with Crippen molar-refractivity contribution in [1.82, 2.24) is 5.32 Å². The van der Waals surface area contributed by atoms with E-state index in [1.165, 1.54) is 45.9 Å². The molecular weight excluding hydrogens is 426 g/mol. The Hall–Kier alpha value is -2.43. The molecule has 0 heterocycles. The van der Waals surface area contributed by atoms with Crippen molar-refractivity contribution in [2.24, 2.45) is 5.16 Å². The van der Waals surface area contributed by atoms with E-state index in [4.69, 9.17) is 16.8 Å². The van der Waals surface area contributed by atoms with E-state index in [1.807, 2.05) is 0 Å². The summed E-state index contributed by atoms with van der Waals surface area (Å²) in [5.41, 5.74) is 0.580. The Bertz CT molecular complexity index is 878. The van der Waals surface area contributed by atoms with E-state index >= 15 is 0 Å². The molecular formula is C17H16ClN3O5S2. The molecule has 0 atom stereocenters. The van der Waals surface area contributed by atoms with Gasteiger partial charge in [0.15, 0.2) is 0 Å². The molecule has 0 radical (unpaired) electrons. The molecule has 0 aromatic heterocycles. The number of nitro benzene ring substituents is 1. The van der Waals surface area contributed by atoms with Crippen molar-refractivity contribution in [3.8, 4) is 5.75 Å². The van der Waals surface area contributed by atoms with E-state index in [-0.39, 0.29) is 28.6 Å². The summed E-state index contributed by atoms with van der Waals surface area (Å²) in [5.74, 6) is 0.00414. The van der Waals surface area contributed by atoms with E-state index in [9.17, 15) is 20.0 Å². The second-order valence-corrected chi connectivity index (χ2v) is 8.32. The number of nitro groups is 1. The van der Waals surface area contributed by atoms with Crippen LogP contribution in [0.15, 0.2) is 52.5 Å². The molecule has 0 bridgehead atoms. The number of hydrogen-bond acceptors (Lipinski definition) is 8. The Morgan fingerprint density at radius 2 is 1.96 bits per heavy atom. The summed E-state index contributed by atoms with van der Waals surface area (Å²) in [6.07, 6.45) is 0.0625. The number of rotatable bonds is 9. The molecule has 8 nitrogen and oxygen atoms in total. The first kappa shape index (κ1) is 21.9. The number of nitrogens with one attached hydrogen (secondary N) is 1. The molecule has 0 fully saturated rings. The number of carbonyl (C=O) groups is 1. The van der Waals surface area contributed by atoms with E-state index < -0.39 is 10.8 Å². The molecule has 0 saturated carbocycles. The predicted molar refractivity (Wildman–Crippen MR) is 110 cm³/mol. The number of aromatic hydroxyl groups is 1. The first-order valence-electron chi connectivity index (χ1n) is 7.91. The predicted octanol–water partition coefficient (Wildman–Crippen LogP) is 3.88. The molecule has 28 heavy (non-hydrogen) atoms. The summed E-state index contributed by atoms with van der Waals surface area (Å²) in [4.78, 5) is 23.1. The average molecular weight is 442 g/mol. The summed E-state index contributed by atoms with van der Waals surface area (Å²) in [5, 5.41) is 34.9. The molecule has 0 spiro atoms. The van der Waals surface area contributed by atoms with Crippen molar-refractivity contribution in [3.05, 3.63) is 63.2 Å². The zero-order valence-electron chi connectivity index (χ0n) is 14.4. The average Bonchev–Trinajstić information content (AvgIpc) is 2.68. The molecule has 148 valence electrons. The zero-order valence-corrected chi connectivity index (χ0v) is 16.8. The van der Waals surface area contributed by atoms with Crippen molar-refractivity contribution >= 4 is 50.5 Å². The number of halogens is 1. The van der Waals surface area contributed by atoms with Crippen LogP contribution >= 0.6 is 33.2 Å². The molecule has 11 heteroatoms. The molecule has 0 aliphatic rings. The zero-order chi connectivity index (χ0) is 20.5. The first-order valence-corrected chi connectivity index (χ1v) is 10.6. The Labute approximate surface area is 173 Å². The van der Waals surface area contributed by atoms with E-state index in [0.29, 0.717) is 17.9 Å². The van der Waals surface area contributed by atoms with Crippen LogP contribution in [0.4, 0.5) is 5.69 Å². The third-order valence-electron chi connectivity index (χ3n) is 3.44. The highest BCUT2D eigenvalue weighted by Crippen LogP contribution is 2.31. The highest BCUT2D eigenvalue weighted by atomic mass is 35.5. The molecule has 0 aliphatic heterocycles. The quantitative estimate of drug-likeness (QED) is 0.135. The number of non-ortho nitro benzene ring substituents is 1. The van der Waals surface area contributed by atoms with Crippen molar-refractivity contribution < 1.29 is 20.0 Å². The Morgan fingerprint density at radius 1 is 1.25 bits per heavy atom. The molecule has 2 rings (SSSR count). The maximum atomic E-state index is 12.1. The second-order valence-electron chi connectivity index (χ2n) is 5.42. The maximum absolute atomic E-state index is 12.1. The smallest absolute Gasteiger partial charge is 0.269 e. The summed E-state index contributed by atoms with van der Waals surface area (Å²) < 4.78 is 0. The Morgan fingerprint density at radius 3 is 2.57 bits per heavy atom. The van der Waals surface area contributed by atoms with Crippen LogP contribution in [0.5, 0.6) is 5.75 Å². The van der Waals surface area contributed by atoms with Crippen LogP contribution in [0.2, 0.25) is 5.02 Å². The lowest BCUT2D eigenvalue weighted by molar-refractivity contribution is -0.384. The molecule has 2 aromatic rings. The Balaban J connectivity index is 1.74. The topological polar surface area (TPSA) is 125 Å². The van der Waals surface area contributed by atoms with Crippen LogP contribution in [0.25, 0.3) is 0 Å². The van der Waals surface area contributed by atoms with Crippen LogP contribution in [0.1, 0.15) is 5.56 Å². The van der Waals surface area contributed by atoms with Gasteiger partial charge < -0.3 is 15.6 Å². The lowest BCUT2D eigenvalue weighted by Crippen LogP contribution is -2.33. The van der Waals surface area contributed by atoms with Crippen LogP contribution in [0.3, 0.4) is 0 Å². The number of benzene rings is 2. The summed E-state index contributed by atoms with van der Waals surface area (Å²) in [6.45, 7) is 0.346. The standard InChI is InChI=1S/C17H16ClN3O5S2/c18-14-9-11(1-6-16(14)22)10-15(20-24)17(23)19-7-8-27-28-13-4-2-12(3-5-13)21(25)26/h1-6,9,22,24H,7-8,10H2,(H,19,23)/b20-15+. The fourth-order valence-corrected chi connectivity index (χ4v) is 4.15. The van der Waals surface area contributed by atoms with E-state index in [2.05, 4.69) is 10.5 Å². The van der Waals surface area contributed by atoms with Crippen LogP contribution in [-0.2, 0) is 11.2 Å². The fourth-order valence-electron chi connectivity index (χ4n) is 2.06. The fraction of sp³-hybridized carbons (Fsp3) is 0.176. The molecule has 3 N–H and O–H groups in total. The van der Waals surface area contributed by atoms with Crippen molar-refractivity contribution in [3.63, 3.8) is 0 Å². The van der Waals surface area contributed by atoms with Gasteiger partial charge in [-0.1, -0.05) is 44.4 Å². The highest BCUT2D eigenvalue weighted by Gasteiger charge is 2.13. The van der Waals surface area contributed by atoms with Gasteiger partial charge in [-0.15, -0.1) is 0 Å². The largest absolute Gasteiger partial charge is 0.506 e. The normalized spacial score (nSPS) is 11.2. The summed E-state index contributed by atoms with van der Waals surface area (Å²) in [7, 11) is 2.91. The molecule has 2 aromatic carbocycles. The first-order chi connectivity index (χ1) is 13.4. The van der Waals surface area contributed by atoms with Crippen LogP contribution < -0.4 is 5.32 Å². The number of hydrogen-bond donors (Lipinski definition) is 3. The number of amides is 1. The lowest BCUT2D eigenvalue weighted by Gasteiger charge is -2.07. The van der Waals surface area contributed by atoms with Gasteiger partial charge in [-0.05, 0) is 29.8 Å². The molecule has 1 amide bonds. The monoisotopic (exact) mass is 441 g/mol. The van der Waals surface area contributed by atoms with Crippen LogP contribution in [-0.4, -0.2) is 39.2 Å². The molecule has 0 aliphatic carbocycles. The number of phenols is 1. The van der Waals surface area contributed by atoms with Gasteiger partial charge in [0.2, 0.25) is 0 Å². The minimum absolute atomic E-state index is 0.0346. The number of nitrogens with zero attached hydrogens (tertiary/aromatic N) is 2. The minimum atomic E-state index is -0.507. The van der Waals surface area contributed by atoms with Crippen molar-refractivity contribution in [2.75, 3.05) is 12.3 Å². The maximum Gasteiger partial charge on any atom is 0.269 e. The Kier molecular flexibility index (Phi) is 8.42. The molecule has 0 unspecified atom stereocenters. The third kappa shape index (κ3) is 6.63. The second kappa shape index (κ2) is 10.8. The van der Waals surface area contributed by atoms with Gasteiger partial charge in [-0.2, -0.15) is 0 Å². The van der Waals surface area contributed by atoms with Gasteiger partial charge >= 0.3 is 0 Å². The minimum Gasteiger partial charge on any atom is -0.506 e. The third-order valence-corrected chi connectivity index (χ3v) is 6.13. The van der Waals surface area contributed by atoms with Gasteiger partial charge in [-0.25, -0.2) is 0 Å². The van der Waals surface area contributed by atoms with Crippen LogP contribution in [0, 0.1) is 10.1 Å². The molecule has 0 saturated heterocycles. The van der Waals surface area contributed by atoms with E-state index in [1.54, 1.807) is 18.2 Å². The lowest BCUT2D eigenvalue weighted by atomic mass is 10.1. The number of carbonyl (C=O) groups excluding carboxylic acids is 1.